The minimum atomic E-state index is -3.18. The number of nitrogens with zero attached hydrogens (tertiary/aromatic N) is 2. The second-order valence-electron chi connectivity index (χ2n) is 8.44. The molecular weight excluding hydrogens is 441 g/mol. The lowest BCUT2D eigenvalue weighted by Crippen LogP contribution is -2.25. The van der Waals surface area contributed by atoms with Gasteiger partial charge in [0.2, 0.25) is 0 Å². The highest BCUT2D eigenvalue weighted by molar-refractivity contribution is 7.95. The molecule has 0 saturated heterocycles. The second-order valence-corrected chi connectivity index (χ2v) is 12.0. The molecule has 1 heterocycles. The first-order chi connectivity index (χ1) is 14.2. The van der Waals surface area contributed by atoms with Crippen LogP contribution in [0.25, 0.3) is 0 Å². The number of aryl methyl sites for hydroxylation is 1. The number of thiazole rings is 1. The van der Waals surface area contributed by atoms with Crippen molar-refractivity contribution in [3.8, 4) is 0 Å². The van der Waals surface area contributed by atoms with Gasteiger partial charge in [-0.05, 0) is 36.8 Å². The molecule has 10 heteroatoms. The standard InChI is InChI=1S/C21H30FN3O4S2/c1-11(2)14-8-13(5)17(22)16(12(3)4)18(14)24-20(27)25-31(7,29)15-9-23-19(30-15)21(6,28)10-26/h8-9,11-12,26,28H,10H2,1-7H3,(H,24,27). The van der Waals surface area contributed by atoms with Crippen molar-refractivity contribution in [2.75, 3.05) is 18.2 Å². The van der Waals surface area contributed by atoms with Crippen LogP contribution in [0.2, 0.25) is 0 Å². The van der Waals surface area contributed by atoms with Gasteiger partial charge in [0.25, 0.3) is 0 Å². The normalized spacial score (nSPS) is 15.6. The summed E-state index contributed by atoms with van der Waals surface area (Å²) in [6.07, 6.45) is 2.56. The summed E-state index contributed by atoms with van der Waals surface area (Å²) < 4.78 is 32.0. The van der Waals surface area contributed by atoms with Crippen molar-refractivity contribution in [3.63, 3.8) is 0 Å². The Kier molecular flexibility index (Phi) is 7.63. The molecule has 0 spiro atoms. The van der Waals surface area contributed by atoms with Crippen LogP contribution in [0.1, 0.15) is 68.2 Å². The lowest BCUT2D eigenvalue weighted by molar-refractivity contribution is -0.00244. The van der Waals surface area contributed by atoms with Crippen LogP contribution in [0.3, 0.4) is 0 Å². The monoisotopic (exact) mass is 471 g/mol. The van der Waals surface area contributed by atoms with Crippen molar-refractivity contribution in [3.05, 3.63) is 39.8 Å². The van der Waals surface area contributed by atoms with Crippen molar-refractivity contribution in [2.24, 2.45) is 4.36 Å². The smallest absolute Gasteiger partial charge is 0.353 e. The molecule has 0 fully saturated rings. The number of carbonyl (C=O) groups excluding carboxylic acids is 1. The van der Waals surface area contributed by atoms with E-state index >= 15 is 0 Å². The van der Waals surface area contributed by atoms with E-state index in [1.54, 1.807) is 13.0 Å². The third-order valence-electron chi connectivity index (χ3n) is 4.83. The molecule has 2 atom stereocenters. The maximum absolute atomic E-state index is 14.9. The van der Waals surface area contributed by atoms with Gasteiger partial charge in [0, 0.05) is 11.8 Å². The molecule has 0 saturated carbocycles. The van der Waals surface area contributed by atoms with Crippen molar-refractivity contribution in [1.82, 2.24) is 4.98 Å². The Morgan fingerprint density at radius 1 is 1.35 bits per heavy atom. The van der Waals surface area contributed by atoms with E-state index in [1.165, 1.54) is 19.4 Å². The molecule has 0 radical (unpaired) electrons. The first-order valence-corrected chi connectivity index (χ1v) is 12.6. The molecule has 2 rings (SSSR count). The number of amides is 2. The number of aromatic nitrogens is 1. The SMILES string of the molecule is Cc1cc(C(C)C)c(NC(=O)N=S(C)(=O)c2cnc(C(C)(O)CO)s2)c(C(C)C)c1F. The fourth-order valence-electron chi connectivity index (χ4n) is 3.07. The summed E-state index contributed by atoms with van der Waals surface area (Å²) >= 11 is 0.910. The number of anilines is 1. The number of nitrogens with one attached hydrogen (secondary N) is 1. The quantitative estimate of drug-likeness (QED) is 0.564. The number of carbonyl (C=O) groups is 1. The molecule has 0 aliphatic carbocycles. The topological polar surface area (TPSA) is 112 Å². The van der Waals surface area contributed by atoms with Gasteiger partial charge >= 0.3 is 6.03 Å². The van der Waals surface area contributed by atoms with Crippen LogP contribution < -0.4 is 5.32 Å². The predicted octanol–water partition coefficient (Wildman–Crippen LogP) is 4.73. The largest absolute Gasteiger partial charge is 0.393 e. The van der Waals surface area contributed by atoms with E-state index in [0.29, 0.717) is 16.8 Å². The van der Waals surface area contributed by atoms with Gasteiger partial charge in [0.1, 0.15) is 20.6 Å². The van der Waals surface area contributed by atoms with E-state index in [-0.39, 0.29) is 26.9 Å². The summed E-state index contributed by atoms with van der Waals surface area (Å²) in [7, 11) is -3.18. The maximum atomic E-state index is 14.9. The van der Waals surface area contributed by atoms with E-state index < -0.39 is 28.0 Å². The number of hydrogen-bond donors (Lipinski definition) is 3. The third-order valence-corrected chi connectivity index (χ3v) is 8.42. The molecule has 3 N–H and O–H groups in total. The van der Waals surface area contributed by atoms with Crippen LogP contribution in [0, 0.1) is 12.7 Å². The predicted molar refractivity (Wildman–Crippen MR) is 122 cm³/mol. The summed E-state index contributed by atoms with van der Waals surface area (Å²) in [5.41, 5.74) is 0.417. The minimum absolute atomic E-state index is 0.0165. The Morgan fingerprint density at radius 2 is 1.97 bits per heavy atom. The van der Waals surface area contributed by atoms with Crippen molar-refractivity contribution >= 4 is 32.8 Å². The van der Waals surface area contributed by atoms with Gasteiger partial charge in [0.15, 0.2) is 0 Å². The summed E-state index contributed by atoms with van der Waals surface area (Å²) in [6, 6.07) is 0.848. The molecule has 0 aliphatic heterocycles. The fraction of sp³-hybridized carbons (Fsp3) is 0.524. The number of aliphatic hydroxyl groups is 2. The zero-order valence-electron chi connectivity index (χ0n) is 18.8. The third kappa shape index (κ3) is 5.49. The van der Waals surface area contributed by atoms with Gasteiger partial charge in [-0.2, -0.15) is 0 Å². The van der Waals surface area contributed by atoms with Crippen LogP contribution in [-0.2, 0) is 15.3 Å². The summed E-state index contributed by atoms with van der Waals surface area (Å²) in [4.78, 5) is 16.7. The van der Waals surface area contributed by atoms with E-state index in [0.717, 1.165) is 16.9 Å². The van der Waals surface area contributed by atoms with Crippen LogP contribution >= 0.6 is 11.3 Å². The number of aliphatic hydroxyl groups excluding tert-OH is 1. The van der Waals surface area contributed by atoms with E-state index in [2.05, 4.69) is 14.7 Å². The summed E-state index contributed by atoms with van der Waals surface area (Å²) in [5.74, 6) is -0.559. The van der Waals surface area contributed by atoms with E-state index in [1.807, 2.05) is 27.7 Å². The minimum Gasteiger partial charge on any atom is -0.393 e. The molecule has 1 aromatic heterocycles. The molecular formula is C21H30FN3O4S2. The average molecular weight is 472 g/mol. The Hall–Kier alpha value is -1.88. The van der Waals surface area contributed by atoms with Crippen LogP contribution in [0.15, 0.2) is 20.8 Å². The first kappa shape index (κ1) is 25.4. The zero-order valence-corrected chi connectivity index (χ0v) is 20.4. The zero-order chi connectivity index (χ0) is 23.7. The molecule has 31 heavy (non-hydrogen) atoms. The van der Waals surface area contributed by atoms with Crippen LogP contribution in [0.4, 0.5) is 14.9 Å². The number of urea groups is 1. The van der Waals surface area contributed by atoms with Crippen molar-refractivity contribution in [1.29, 1.82) is 0 Å². The van der Waals surface area contributed by atoms with Crippen LogP contribution in [0.5, 0.6) is 0 Å². The molecule has 2 amide bonds. The number of hydrogen-bond acceptors (Lipinski definition) is 6. The average Bonchev–Trinajstić information content (AvgIpc) is 3.15. The lowest BCUT2D eigenvalue weighted by Gasteiger charge is -2.21. The Morgan fingerprint density at radius 3 is 2.48 bits per heavy atom. The molecule has 172 valence electrons. The fourth-order valence-corrected chi connectivity index (χ4v) is 5.42. The Bertz CT molecular complexity index is 1100. The molecule has 0 aliphatic rings. The Balaban J connectivity index is 2.49. The molecule has 1 aromatic carbocycles. The van der Waals surface area contributed by atoms with Gasteiger partial charge in [-0.3, -0.25) is 0 Å². The molecule has 7 nitrogen and oxygen atoms in total. The molecule has 0 bridgehead atoms. The molecule has 2 unspecified atom stereocenters. The maximum Gasteiger partial charge on any atom is 0.353 e. The highest BCUT2D eigenvalue weighted by atomic mass is 32.2. The number of halogens is 1. The Labute approximate surface area is 186 Å². The number of benzene rings is 1. The highest BCUT2D eigenvalue weighted by Gasteiger charge is 2.28. The number of rotatable bonds is 6. The van der Waals surface area contributed by atoms with Crippen molar-refractivity contribution in [2.45, 2.75) is 63.2 Å². The lowest BCUT2D eigenvalue weighted by atomic mass is 9.90. The second kappa shape index (κ2) is 9.32. The van der Waals surface area contributed by atoms with Gasteiger partial charge in [-0.15, -0.1) is 15.7 Å². The van der Waals surface area contributed by atoms with Crippen LogP contribution in [-0.4, -0.2) is 38.3 Å². The highest BCUT2D eigenvalue weighted by Crippen LogP contribution is 2.36. The summed E-state index contributed by atoms with van der Waals surface area (Å²) in [5, 5.41) is 22.2. The van der Waals surface area contributed by atoms with E-state index in [4.69, 9.17) is 0 Å². The van der Waals surface area contributed by atoms with Gasteiger partial charge in [-0.25, -0.2) is 18.4 Å². The van der Waals surface area contributed by atoms with Gasteiger partial charge < -0.3 is 15.5 Å². The molecule has 2 aromatic rings. The van der Waals surface area contributed by atoms with E-state index in [9.17, 15) is 23.6 Å². The van der Waals surface area contributed by atoms with Crippen molar-refractivity contribution < 1.29 is 23.6 Å². The van der Waals surface area contributed by atoms with Gasteiger partial charge in [-0.1, -0.05) is 33.8 Å². The summed E-state index contributed by atoms with van der Waals surface area (Å²) in [6.45, 7) is 10.1. The van der Waals surface area contributed by atoms with Gasteiger partial charge in [0.05, 0.1) is 28.2 Å². The first-order valence-electron chi connectivity index (χ1n) is 9.86.